The number of benzene rings is 2. The van der Waals surface area contributed by atoms with Gasteiger partial charge in [-0.1, -0.05) is 66.8 Å². The SMILES string of the molecule is CC[C@@H](C(=O)Nc1nnc(/C=C/c2ccc(OC)cc2)s1)c1ccccc1. The van der Waals surface area contributed by atoms with Crippen LogP contribution < -0.4 is 10.1 Å². The lowest BCUT2D eigenvalue weighted by Gasteiger charge is -2.13. The Labute approximate surface area is 162 Å². The van der Waals surface area contributed by atoms with Crippen molar-refractivity contribution in [1.82, 2.24) is 10.2 Å². The van der Waals surface area contributed by atoms with Gasteiger partial charge < -0.3 is 4.74 Å². The fraction of sp³-hybridized carbons (Fsp3) is 0.190. The van der Waals surface area contributed by atoms with Gasteiger partial charge in [0.1, 0.15) is 10.8 Å². The van der Waals surface area contributed by atoms with Crippen molar-refractivity contribution < 1.29 is 9.53 Å². The Balaban J connectivity index is 1.64. The standard InChI is InChI=1S/C21H21N3O2S/c1-3-18(16-7-5-4-6-8-16)20(25)22-21-24-23-19(27-21)14-11-15-9-12-17(26-2)13-10-15/h4-14,18H,3H2,1-2H3,(H,22,24,25)/b14-11+/t18-/m1/s1. The molecule has 0 fully saturated rings. The molecule has 6 heteroatoms. The minimum atomic E-state index is -0.201. The molecule has 1 aromatic heterocycles. The Morgan fingerprint density at radius 1 is 1.11 bits per heavy atom. The highest BCUT2D eigenvalue weighted by atomic mass is 32.1. The molecule has 1 N–H and O–H groups in total. The molecule has 27 heavy (non-hydrogen) atoms. The maximum atomic E-state index is 12.6. The van der Waals surface area contributed by atoms with E-state index in [4.69, 9.17) is 4.74 Å². The second kappa shape index (κ2) is 9.09. The molecule has 138 valence electrons. The number of ether oxygens (including phenoxy) is 1. The Kier molecular flexibility index (Phi) is 6.33. The van der Waals surface area contributed by atoms with Crippen LogP contribution in [0.25, 0.3) is 12.2 Å². The van der Waals surface area contributed by atoms with Gasteiger partial charge in [0.15, 0.2) is 0 Å². The number of nitrogens with zero attached hydrogens (tertiary/aromatic N) is 2. The molecule has 0 radical (unpaired) electrons. The van der Waals surface area contributed by atoms with E-state index < -0.39 is 0 Å². The first-order valence-corrected chi connectivity index (χ1v) is 9.52. The number of hydrogen-bond donors (Lipinski definition) is 1. The van der Waals surface area contributed by atoms with Gasteiger partial charge in [0.25, 0.3) is 0 Å². The van der Waals surface area contributed by atoms with E-state index in [9.17, 15) is 4.79 Å². The number of carbonyl (C=O) groups is 1. The molecule has 1 amide bonds. The molecule has 0 saturated heterocycles. The van der Waals surface area contributed by atoms with Gasteiger partial charge in [0, 0.05) is 0 Å². The minimum Gasteiger partial charge on any atom is -0.497 e. The number of aromatic nitrogens is 2. The smallest absolute Gasteiger partial charge is 0.233 e. The van der Waals surface area contributed by atoms with Gasteiger partial charge in [0.2, 0.25) is 11.0 Å². The van der Waals surface area contributed by atoms with Crippen LogP contribution in [0.5, 0.6) is 5.75 Å². The summed E-state index contributed by atoms with van der Waals surface area (Å²) >= 11 is 1.35. The molecule has 1 atom stereocenters. The van der Waals surface area contributed by atoms with Crippen LogP contribution in [0.1, 0.15) is 35.4 Å². The molecule has 2 aromatic carbocycles. The highest BCUT2D eigenvalue weighted by Crippen LogP contribution is 2.24. The van der Waals surface area contributed by atoms with Crippen LogP contribution >= 0.6 is 11.3 Å². The Bertz CT molecular complexity index is 905. The van der Waals surface area contributed by atoms with Crippen LogP contribution in [0.15, 0.2) is 54.6 Å². The van der Waals surface area contributed by atoms with Crippen molar-refractivity contribution in [1.29, 1.82) is 0 Å². The van der Waals surface area contributed by atoms with Crippen molar-refractivity contribution in [3.8, 4) is 5.75 Å². The number of amides is 1. The van der Waals surface area contributed by atoms with Gasteiger partial charge in [-0.25, -0.2) is 0 Å². The first-order valence-electron chi connectivity index (χ1n) is 8.71. The van der Waals surface area contributed by atoms with Crippen molar-refractivity contribution in [2.75, 3.05) is 12.4 Å². The normalized spacial score (nSPS) is 12.1. The highest BCUT2D eigenvalue weighted by Gasteiger charge is 2.19. The Hall–Kier alpha value is -2.99. The van der Waals surface area contributed by atoms with Crippen molar-refractivity contribution in [2.45, 2.75) is 19.3 Å². The topological polar surface area (TPSA) is 64.1 Å². The van der Waals surface area contributed by atoms with E-state index in [0.717, 1.165) is 28.3 Å². The molecule has 0 unspecified atom stereocenters. The zero-order valence-corrected chi connectivity index (χ0v) is 16.1. The summed E-state index contributed by atoms with van der Waals surface area (Å²) in [6, 6.07) is 17.5. The molecule has 0 aliphatic carbocycles. The van der Waals surface area contributed by atoms with E-state index in [1.165, 1.54) is 11.3 Å². The van der Waals surface area contributed by atoms with E-state index in [-0.39, 0.29) is 11.8 Å². The van der Waals surface area contributed by atoms with E-state index in [1.54, 1.807) is 7.11 Å². The van der Waals surface area contributed by atoms with Gasteiger partial charge in [-0.3, -0.25) is 10.1 Å². The molecule has 0 bridgehead atoms. The predicted molar refractivity (Wildman–Crippen MR) is 110 cm³/mol. The van der Waals surface area contributed by atoms with Gasteiger partial charge in [-0.15, -0.1) is 10.2 Å². The molecule has 3 rings (SSSR count). The number of hydrogen-bond acceptors (Lipinski definition) is 5. The first kappa shape index (κ1) is 18.8. The summed E-state index contributed by atoms with van der Waals surface area (Å²) in [6.45, 7) is 2.00. The molecular weight excluding hydrogens is 358 g/mol. The summed E-state index contributed by atoms with van der Waals surface area (Å²) in [4.78, 5) is 12.6. The van der Waals surface area contributed by atoms with Gasteiger partial charge >= 0.3 is 0 Å². The number of carbonyl (C=O) groups excluding carboxylic acids is 1. The molecular formula is C21H21N3O2S. The van der Waals surface area contributed by atoms with Gasteiger partial charge in [0.05, 0.1) is 13.0 Å². The van der Waals surface area contributed by atoms with Crippen LogP contribution in [0.4, 0.5) is 5.13 Å². The third-order valence-corrected chi connectivity index (χ3v) is 4.94. The fourth-order valence-electron chi connectivity index (χ4n) is 2.69. The molecule has 5 nitrogen and oxygen atoms in total. The van der Waals surface area contributed by atoms with Crippen LogP contribution in [0, 0.1) is 0 Å². The third kappa shape index (κ3) is 5.01. The van der Waals surface area contributed by atoms with Crippen molar-refractivity contribution >= 4 is 34.5 Å². The van der Waals surface area contributed by atoms with E-state index >= 15 is 0 Å². The van der Waals surface area contributed by atoms with Gasteiger partial charge in [-0.05, 0) is 35.8 Å². The zero-order valence-electron chi connectivity index (χ0n) is 15.3. The molecule has 0 aliphatic rings. The van der Waals surface area contributed by atoms with Crippen molar-refractivity contribution in [3.05, 3.63) is 70.7 Å². The van der Waals surface area contributed by atoms with E-state index in [1.807, 2.05) is 73.7 Å². The second-order valence-electron chi connectivity index (χ2n) is 5.91. The van der Waals surface area contributed by atoms with Crippen LogP contribution in [0.3, 0.4) is 0 Å². The number of nitrogens with one attached hydrogen (secondary N) is 1. The third-order valence-electron chi connectivity index (χ3n) is 4.13. The average Bonchev–Trinajstić information content (AvgIpc) is 3.15. The summed E-state index contributed by atoms with van der Waals surface area (Å²) in [5, 5.41) is 12.3. The molecule has 1 heterocycles. The second-order valence-corrected chi connectivity index (χ2v) is 6.92. The highest BCUT2D eigenvalue weighted by molar-refractivity contribution is 7.16. The number of rotatable bonds is 7. The van der Waals surface area contributed by atoms with Crippen LogP contribution in [0.2, 0.25) is 0 Å². The molecule has 0 spiro atoms. The predicted octanol–water partition coefficient (Wildman–Crippen LogP) is 4.85. The zero-order chi connectivity index (χ0) is 19.1. The van der Waals surface area contributed by atoms with E-state index in [2.05, 4.69) is 15.5 Å². The lowest BCUT2D eigenvalue weighted by molar-refractivity contribution is -0.117. The average molecular weight is 379 g/mol. The largest absolute Gasteiger partial charge is 0.497 e. The summed E-state index contributed by atoms with van der Waals surface area (Å²) in [5.41, 5.74) is 2.04. The molecule has 3 aromatic rings. The lowest BCUT2D eigenvalue weighted by atomic mass is 9.96. The Morgan fingerprint density at radius 2 is 1.85 bits per heavy atom. The van der Waals surface area contributed by atoms with E-state index in [0.29, 0.717) is 5.13 Å². The molecule has 0 aliphatic heterocycles. The maximum absolute atomic E-state index is 12.6. The minimum absolute atomic E-state index is 0.0643. The van der Waals surface area contributed by atoms with Crippen molar-refractivity contribution in [2.24, 2.45) is 0 Å². The lowest BCUT2D eigenvalue weighted by Crippen LogP contribution is -2.20. The quantitative estimate of drug-likeness (QED) is 0.637. The number of methoxy groups -OCH3 is 1. The summed E-state index contributed by atoms with van der Waals surface area (Å²) in [6.07, 6.45) is 4.55. The maximum Gasteiger partial charge on any atom is 0.233 e. The summed E-state index contributed by atoms with van der Waals surface area (Å²) in [7, 11) is 1.64. The number of anilines is 1. The van der Waals surface area contributed by atoms with Crippen molar-refractivity contribution in [3.63, 3.8) is 0 Å². The van der Waals surface area contributed by atoms with Crippen LogP contribution in [-0.2, 0) is 4.79 Å². The first-order chi connectivity index (χ1) is 13.2. The molecule has 0 saturated carbocycles. The van der Waals surface area contributed by atoms with Gasteiger partial charge in [-0.2, -0.15) is 0 Å². The van der Waals surface area contributed by atoms with Crippen LogP contribution in [-0.4, -0.2) is 23.2 Å². The monoisotopic (exact) mass is 379 g/mol. The summed E-state index contributed by atoms with van der Waals surface area (Å²) in [5.74, 6) is 0.552. The fourth-order valence-corrected chi connectivity index (χ4v) is 3.33. The summed E-state index contributed by atoms with van der Waals surface area (Å²) < 4.78 is 5.15. The Morgan fingerprint density at radius 3 is 2.52 bits per heavy atom.